The summed E-state index contributed by atoms with van der Waals surface area (Å²) >= 11 is 0. The van der Waals surface area contributed by atoms with Crippen LogP contribution in [0.25, 0.3) is 0 Å². The van der Waals surface area contributed by atoms with E-state index < -0.39 is 11.7 Å². The van der Waals surface area contributed by atoms with Gasteiger partial charge in [-0.05, 0) is 31.5 Å². The molecule has 0 aliphatic carbocycles. The van der Waals surface area contributed by atoms with E-state index in [2.05, 4.69) is 5.32 Å². The lowest BCUT2D eigenvalue weighted by molar-refractivity contribution is -0.138. The number of methoxy groups -OCH3 is 1. The molecule has 5 heteroatoms. The van der Waals surface area contributed by atoms with Crippen LogP contribution in [-0.2, 0) is 10.9 Å². The van der Waals surface area contributed by atoms with E-state index in [0.717, 1.165) is 12.5 Å². The van der Waals surface area contributed by atoms with Crippen molar-refractivity contribution in [3.8, 4) is 0 Å². The SMILES string of the molecule is COCCCNC(C)c1ccccc1C(F)(F)F. The first kappa shape index (κ1) is 15.0. The van der Waals surface area contributed by atoms with E-state index in [0.29, 0.717) is 13.2 Å². The van der Waals surface area contributed by atoms with Gasteiger partial charge >= 0.3 is 6.18 Å². The molecular weight excluding hydrogens is 243 g/mol. The highest BCUT2D eigenvalue weighted by Crippen LogP contribution is 2.34. The molecule has 0 amide bonds. The van der Waals surface area contributed by atoms with Crippen molar-refractivity contribution in [2.45, 2.75) is 25.6 Å². The molecule has 1 rings (SSSR count). The maximum absolute atomic E-state index is 12.8. The van der Waals surface area contributed by atoms with E-state index >= 15 is 0 Å². The molecule has 1 unspecified atom stereocenters. The monoisotopic (exact) mass is 261 g/mol. The smallest absolute Gasteiger partial charge is 0.385 e. The summed E-state index contributed by atoms with van der Waals surface area (Å²) in [6.45, 7) is 2.96. The quantitative estimate of drug-likeness (QED) is 0.792. The summed E-state index contributed by atoms with van der Waals surface area (Å²) in [5.41, 5.74) is -0.292. The van der Waals surface area contributed by atoms with Crippen LogP contribution in [0.5, 0.6) is 0 Å². The Hall–Kier alpha value is -1.07. The number of hydrogen-bond donors (Lipinski definition) is 1. The predicted molar refractivity (Wildman–Crippen MR) is 64.4 cm³/mol. The number of rotatable bonds is 6. The maximum atomic E-state index is 12.8. The number of ether oxygens (including phenoxy) is 1. The van der Waals surface area contributed by atoms with Crippen LogP contribution >= 0.6 is 0 Å². The van der Waals surface area contributed by atoms with Crippen molar-refractivity contribution < 1.29 is 17.9 Å². The van der Waals surface area contributed by atoms with E-state index in [1.54, 1.807) is 20.1 Å². The molecule has 1 aromatic carbocycles. The first-order valence-corrected chi connectivity index (χ1v) is 5.85. The zero-order valence-corrected chi connectivity index (χ0v) is 10.6. The van der Waals surface area contributed by atoms with Gasteiger partial charge in [0.15, 0.2) is 0 Å². The lowest BCUT2D eigenvalue weighted by atomic mass is 10.0. The molecule has 0 aliphatic heterocycles. The summed E-state index contributed by atoms with van der Waals surface area (Å²) in [5.74, 6) is 0. The first-order valence-electron chi connectivity index (χ1n) is 5.85. The Balaban J connectivity index is 2.70. The lowest BCUT2D eigenvalue weighted by Crippen LogP contribution is -2.23. The van der Waals surface area contributed by atoms with Crippen LogP contribution in [0.1, 0.15) is 30.5 Å². The van der Waals surface area contributed by atoms with E-state index in [1.807, 2.05) is 0 Å². The summed E-state index contributed by atoms with van der Waals surface area (Å²) in [4.78, 5) is 0. The fourth-order valence-corrected chi connectivity index (χ4v) is 1.78. The van der Waals surface area contributed by atoms with Gasteiger partial charge < -0.3 is 10.1 Å². The third kappa shape index (κ3) is 4.31. The van der Waals surface area contributed by atoms with Crippen molar-refractivity contribution in [2.24, 2.45) is 0 Å². The van der Waals surface area contributed by atoms with E-state index in [-0.39, 0.29) is 11.6 Å². The number of nitrogens with one attached hydrogen (secondary N) is 1. The Bertz CT molecular complexity index is 365. The molecule has 0 saturated carbocycles. The van der Waals surface area contributed by atoms with Crippen LogP contribution in [0.4, 0.5) is 13.2 Å². The van der Waals surface area contributed by atoms with Crippen molar-refractivity contribution in [2.75, 3.05) is 20.3 Å². The molecule has 0 radical (unpaired) electrons. The highest BCUT2D eigenvalue weighted by atomic mass is 19.4. The lowest BCUT2D eigenvalue weighted by Gasteiger charge is -2.19. The summed E-state index contributed by atoms with van der Waals surface area (Å²) < 4.78 is 43.3. The van der Waals surface area contributed by atoms with Gasteiger partial charge in [-0.25, -0.2) is 0 Å². The largest absolute Gasteiger partial charge is 0.416 e. The molecule has 0 aromatic heterocycles. The summed E-state index contributed by atoms with van der Waals surface area (Å²) in [6, 6.07) is 5.32. The Labute approximate surface area is 105 Å². The topological polar surface area (TPSA) is 21.3 Å². The van der Waals surface area contributed by atoms with Gasteiger partial charge in [-0.15, -0.1) is 0 Å². The van der Waals surface area contributed by atoms with Crippen LogP contribution in [0.15, 0.2) is 24.3 Å². The Morgan fingerprint density at radius 2 is 1.94 bits per heavy atom. The minimum absolute atomic E-state index is 0.280. The summed E-state index contributed by atoms with van der Waals surface area (Å²) in [6.07, 6.45) is -3.53. The van der Waals surface area contributed by atoms with Crippen molar-refractivity contribution in [1.82, 2.24) is 5.32 Å². The van der Waals surface area contributed by atoms with Crippen LogP contribution < -0.4 is 5.32 Å². The average Bonchev–Trinajstić information content (AvgIpc) is 2.33. The van der Waals surface area contributed by atoms with Gasteiger partial charge in [-0.3, -0.25) is 0 Å². The number of benzene rings is 1. The van der Waals surface area contributed by atoms with Gasteiger partial charge in [-0.1, -0.05) is 18.2 Å². The number of alkyl halides is 3. The highest BCUT2D eigenvalue weighted by Gasteiger charge is 2.33. The molecule has 0 bridgehead atoms. The summed E-state index contributed by atoms with van der Waals surface area (Å²) in [5, 5.41) is 3.07. The predicted octanol–water partition coefficient (Wildman–Crippen LogP) is 3.39. The molecule has 18 heavy (non-hydrogen) atoms. The van der Waals surface area contributed by atoms with Gasteiger partial charge in [0.05, 0.1) is 5.56 Å². The van der Waals surface area contributed by atoms with Gasteiger partial charge in [0.1, 0.15) is 0 Å². The standard InChI is InChI=1S/C13H18F3NO/c1-10(17-8-5-9-18-2)11-6-3-4-7-12(11)13(14,15)16/h3-4,6-7,10,17H,5,8-9H2,1-2H3. The van der Waals surface area contributed by atoms with Crippen LogP contribution in [0.3, 0.4) is 0 Å². The number of hydrogen-bond acceptors (Lipinski definition) is 2. The molecule has 0 aliphatic rings. The van der Waals surface area contributed by atoms with Crippen LogP contribution in [-0.4, -0.2) is 20.3 Å². The maximum Gasteiger partial charge on any atom is 0.416 e. The van der Waals surface area contributed by atoms with E-state index in [9.17, 15) is 13.2 Å². The van der Waals surface area contributed by atoms with E-state index in [4.69, 9.17) is 4.74 Å². The fraction of sp³-hybridized carbons (Fsp3) is 0.538. The normalized spacial score (nSPS) is 13.6. The first-order chi connectivity index (χ1) is 8.46. The molecule has 2 nitrogen and oxygen atoms in total. The van der Waals surface area contributed by atoms with Gasteiger partial charge in [0.2, 0.25) is 0 Å². The van der Waals surface area contributed by atoms with Crippen molar-refractivity contribution >= 4 is 0 Å². The van der Waals surface area contributed by atoms with Gasteiger partial charge in [-0.2, -0.15) is 13.2 Å². The van der Waals surface area contributed by atoms with Crippen molar-refractivity contribution in [3.63, 3.8) is 0 Å². The average molecular weight is 261 g/mol. The molecule has 1 N–H and O–H groups in total. The van der Waals surface area contributed by atoms with Crippen molar-refractivity contribution in [1.29, 1.82) is 0 Å². The van der Waals surface area contributed by atoms with Crippen LogP contribution in [0.2, 0.25) is 0 Å². The Morgan fingerprint density at radius 1 is 1.28 bits per heavy atom. The zero-order valence-electron chi connectivity index (χ0n) is 10.6. The molecule has 0 spiro atoms. The molecule has 0 saturated heterocycles. The molecule has 102 valence electrons. The minimum Gasteiger partial charge on any atom is -0.385 e. The van der Waals surface area contributed by atoms with Crippen molar-refractivity contribution in [3.05, 3.63) is 35.4 Å². The fourth-order valence-electron chi connectivity index (χ4n) is 1.78. The highest BCUT2D eigenvalue weighted by molar-refractivity contribution is 5.31. The molecule has 0 fully saturated rings. The molecule has 0 heterocycles. The Morgan fingerprint density at radius 3 is 2.56 bits per heavy atom. The molecular formula is C13H18F3NO. The third-order valence-corrected chi connectivity index (χ3v) is 2.71. The second-order valence-corrected chi connectivity index (χ2v) is 4.11. The minimum atomic E-state index is -4.31. The number of halogens is 3. The second kappa shape index (κ2) is 6.75. The third-order valence-electron chi connectivity index (χ3n) is 2.71. The Kier molecular flexibility index (Phi) is 5.62. The van der Waals surface area contributed by atoms with E-state index in [1.165, 1.54) is 12.1 Å². The van der Waals surface area contributed by atoms with Gasteiger partial charge in [0, 0.05) is 19.8 Å². The summed E-state index contributed by atoms with van der Waals surface area (Å²) in [7, 11) is 1.60. The molecule has 1 atom stereocenters. The van der Waals surface area contributed by atoms with Crippen LogP contribution in [0, 0.1) is 0 Å². The second-order valence-electron chi connectivity index (χ2n) is 4.11. The zero-order chi connectivity index (χ0) is 13.6. The molecule has 1 aromatic rings. The van der Waals surface area contributed by atoms with Gasteiger partial charge in [0.25, 0.3) is 0 Å².